The molecule has 0 atom stereocenters. The van der Waals surface area contributed by atoms with Gasteiger partial charge >= 0.3 is 7.12 Å². The molecule has 0 unspecified atom stereocenters. The van der Waals surface area contributed by atoms with Crippen LogP contribution in [0.15, 0.2) is 18.2 Å². The van der Waals surface area contributed by atoms with Crippen LogP contribution in [0.5, 0.6) is 0 Å². The van der Waals surface area contributed by atoms with Gasteiger partial charge in [-0.05, 0) is 12.4 Å². The molecule has 0 fully saturated rings. The summed E-state index contributed by atoms with van der Waals surface area (Å²) in [6.45, 7) is 1.63. The van der Waals surface area contributed by atoms with Crippen molar-refractivity contribution in [3.63, 3.8) is 0 Å². The molecule has 1 rings (SSSR count). The summed E-state index contributed by atoms with van der Waals surface area (Å²) in [6.07, 6.45) is -2.59. The molecule has 0 bridgehead atoms. The van der Waals surface area contributed by atoms with E-state index in [9.17, 15) is 8.78 Å². The maximum atomic E-state index is 12.2. The van der Waals surface area contributed by atoms with E-state index < -0.39 is 13.5 Å². The summed E-state index contributed by atoms with van der Waals surface area (Å²) in [7, 11) is -1.70. The maximum absolute atomic E-state index is 12.2. The van der Waals surface area contributed by atoms with E-state index in [2.05, 4.69) is 0 Å². The molecule has 0 aliphatic heterocycles. The normalized spacial score (nSPS) is 10.6. The van der Waals surface area contributed by atoms with E-state index in [-0.39, 0.29) is 11.0 Å². The molecule has 0 heterocycles. The molecule has 5 heteroatoms. The first-order valence-corrected chi connectivity index (χ1v) is 3.77. The zero-order valence-corrected chi connectivity index (χ0v) is 7.04. The maximum Gasteiger partial charge on any atom is 0.488 e. The van der Waals surface area contributed by atoms with Gasteiger partial charge in [0.25, 0.3) is 6.43 Å². The highest BCUT2D eigenvalue weighted by Crippen LogP contribution is 2.17. The summed E-state index contributed by atoms with van der Waals surface area (Å²) < 4.78 is 24.4. The van der Waals surface area contributed by atoms with E-state index in [1.165, 1.54) is 12.1 Å². The molecule has 13 heavy (non-hydrogen) atoms. The molecule has 0 amide bonds. The fourth-order valence-corrected chi connectivity index (χ4v) is 1.07. The summed E-state index contributed by atoms with van der Waals surface area (Å²) in [5.41, 5.74) is 0.505. The fraction of sp³-hybridized carbons (Fsp3) is 0.250. The summed E-state index contributed by atoms with van der Waals surface area (Å²) >= 11 is 0. The lowest BCUT2D eigenvalue weighted by Crippen LogP contribution is -2.32. The molecule has 0 aliphatic rings. The van der Waals surface area contributed by atoms with Crippen molar-refractivity contribution >= 4 is 12.6 Å². The molecule has 0 radical (unpaired) electrons. The van der Waals surface area contributed by atoms with Crippen molar-refractivity contribution in [2.75, 3.05) is 0 Å². The van der Waals surface area contributed by atoms with E-state index in [0.29, 0.717) is 5.56 Å². The van der Waals surface area contributed by atoms with Gasteiger partial charge in [0, 0.05) is 5.56 Å². The van der Waals surface area contributed by atoms with Crippen molar-refractivity contribution in [3.8, 4) is 0 Å². The van der Waals surface area contributed by atoms with Crippen LogP contribution in [0.3, 0.4) is 0 Å². The molecule has 0 saturated carbocycles. The van der Waals surface area contributed by atoms with E-state index in [1.807, 2.05) is 0 Å². The quantitative estimate of drug-likeness (QED) is 0.664. The van der Waals surface area contributed by atoms with Crippen LogP contribution in [0.1, 0.15) is 17.6 Å². The summed E-state index contributed by atoms with van der Waals surface area (Å²) in [6, 6.07) is 3.81. The molecular weight excluding hydrogens is 177 g/mol. The average molecular weight is 186 g/mol. The number of rotatable bonds is 2. The van der Waals surface area contributed by atoms with Crippen LogP contribution in [0.25, 0.3) is 0 Å². The molecule has 70 valence electrons. The number of benzene rings is 1. The van der Waals surface area contributed by atoms with Crippen molar-refractivity contribution < 1.29 is 18.8 Å². The highest BCUT2D eigenvalue weighted by molar-refractivity contribution is 6.59. The van der Waals surface area contributed by atoms with E-state index >= 15 is 0 Å². The molecule has 0 saturated heterocycles. The SMILES string of the molecule is Cc1ccc(C(F)F)cc1B(O)O. The average Bonchev–Trinajstić information content (AvgIpc) is 2.04. The third-order valence-corrected chi connectivity index (χ3v) is 1.83. The van der Waals surface area contributed by atoms with Gasteiger partial charge in [-0.2, -0.15) is 0 Å². The lowest BCUT2D eigenvalue weighted by Gasteiger charge is -2.06. The molecular formula is C8H9BF2O2. The highest BCUT2D eigenvalue weighted by atomic mass is 19.3. The van der Waals surface area contributed by atoms with E-state index in [0.717, 1.165) is 6.07 Å². The number of halogens is 2. The van der Waals surface area contributed by atoms with Crippen LogP contribution >= 0.6 is 0 Å². The van der Waals surface area contributed by atoms with E-state index in [4.69, 9.17) is 10.0 Å². The van der Waals surface area contributed by atoms with E-state index in [1.54, 1.807) is 6.92 Å². The molecule has 1 aromatic rings. The predicted octanol–water partition coefficient (Wildman–Crippen LogP) is 0.612. The Morgan fingerprint density at radius 3 is 2.38 bits per heavy atom. The van der Waals surface area contributed by atoms with Gasteiger partial charge in [-0.25, -0.2) is 8.78 Å². The second-order valence-electron chi connectivity index (χ2n) is 2.79. The van der Waals surface area contributed by atoms with Gasteiger partial charge in [0.1, 0.15) is 0 Å². The third-order valence-electron chi connectivity index (χ3n) is 1.83. The Bertz CT molecular complexity index is 302. The van der Waals surface area contributed by atoms with Gasteiger partial charge in [0.05, 0.1) is 0 Å². The van der Waals surface area contributed by atoms with Crippen molar-refractivity contribution in [3.05, 3.63) is 29.3 Å². The van der Waals surface area contributed by atoms with Crippen molar-refractivity contribution in [1.82, 2.24) is 0 Å². The first-order valence-electron chi connectivity index (χ1n) is 3.77. The molecule has 0 spiro atoms. The van der Waals surface area contributed by atoms with Gasteiger partial charge < -0.3 is 10.0 Å². The fourth-order valence-electron chi connectivity index (χ4n) is 1.07. The Hall–Kier alpha value is -0.935. The van der Waals surface area contributed by atoms with Crippen LogP contribution in [0, 0.1) is 6.92 Å². The lowest BCUT2D eigenvalue weighted by atomic mass is 9.76. The Morgan fingerprint density at radius 1 is 1.31 bits per heavy atom. The first kappa shape index (κ1) is 10.1. The van der Waals surface area contributed by atoms with Crippen LogP contribution < -0.4 is 5.46 Å². The standard InChI is InChI=1S/C8H9BF2O2/c1-5-2-3-6(8(10)11)4-7(5)9(12)13/h2-4,8,12-13H,1H3. The second-order valence-corrected chi connectivity index (χ2v) is 2.79. The minimum Gasteiger partial charge on any atom is -0.423 e. The minimum atomic E-state index is -2.59. The van der Waals surface area contributed by atoms with Gasteiger partial charge in [-0.15, -0.1) is 0 Å². The molecule has 2 nitrogen and oxygen atoms in total. The largest absolute Gasteiger partial charge is 0.488 e. The van der Waals surface area contributed by atoms with Gasteiger partial charge in [-0.1, -0.05) is 23.8 Å². The Balaban J connectivity index is 3.11. The Kier molecular flexibility index (Phi) is 3.00. The van der Waals surface area contributed by atoms with Gasteiger partial charge in [0.2, 0.25) is 0 Å². The van der Waals surface area contributed by atoms with Gasteiger partial charge in [0.15, 0.2) is 0 Å². The second kappa shape index (κ2) is 3.85. The smallest absolute Gasteiger partial charge is 0.423 e. The molecule has 2 N–H and O–H groups in total. The Labute approximate surface area is 75.0 Å². The number of hydrogen-bond donors (Lipinski definition) is 2. The van der Waals surface area contributed by atoms with Crippen molar-refractivity contribution in [2.24, 2.45) is 0 Å². The van der Waals surface area contributed by atoms with Crippen LogP contribution in [0.4, 0.5) is 8.78 Å². The molecule has 0 aromatic heterocycles. The molecule has 1 aromatic carbocycles. The van der Waals surface area contributed by atoms with Crippen molar-refractivity contribution in [1.29, 1.82) is 0 Å². The number of aryl methyl sites for hydroxylation is 1. The van der Waals surface area contributed by atoms with Crippen molar-refractivity contribution in [2.45, 2.75) is 13.3 Å². The van der Waals surface area contributed by atoms with Gasteiger partial charge in [-0.3, -0.25) is 0 Å². The summed E-state index contributed by atoms with van der Waals surface area (Å²) in [5, 5.41) is 17.6. The zero-order valence-electron chi connectivity index (χ0n) is 7.04. The van der Waals surface area contributed by atoms with Crippen LogP contribution in [-0.2, 0) is 0 Å². The topological polar surface area (TPSA) is 40.5 Å². The Morgan fingerprint density at radius 2 is 1.92 bits per heavy atom. The molecule has 0 aliphatic carbocycles. The number of alkyl halides is 2. The monoisotopic (exact) mass is 186 g/mol. The first-order chi connectivity index (χ1) is 6.02. The van der Waals surface area contributed by atoms with Crippen LogP contribution in [0.2, 0.25) is 0 Å². The summed E-state index contributed by atoms with van der Waals surface area (Å²) in [4.78, 5) is 0. The minimum absolute atomic E-state index is 0.123. The number of hydrogen-bond acceptors (Lipinski definition) is 2. The highest BCUT2D eigenvalue weighted by Gasteiger charge is 2.16. The third kappa shape index (κ3) is 2.26. The predicted molar refractivity (Wildman–Crippen MR) is 46.0 cm³/mol. The zero-order chi connectivity index (χ0) is 10.0. The van der Waals surface area contributed by atoms with Crippen LogP contribution in [-0.4, -0.2) is 17.2 Å². The lowest BCUT2D eigenvalue weighted by molar-refractivity contribution is 0.151. The summed E-state index contributed by atoms with van der Waals surface area (Å²) in [5.74, 6) is 0.